The van der Waals surface area contributed by atoms with E-state index in [1.165, 1.54) is 10.6 Å². The van der Waals surface area contributed by atoms with Gasteiger partial charge in [0.1, 0.15) is 5.76 Å². The summed E-state index contributed by atoms with van der Waals surface area (Å²) in [6.45, 7) is 0.276. The molecule has 0 atom stereocenters. The molecule has 2 aromatic carbocycles. The molecule has 0 radical (unpaired) electrons. The highest BCUT2D eigenvalue weighted by molar-refractivity contribution is 5.58. The maximum absolute atomic E-state index is 12.6. The number of aryl methyl sites for hydroxylation is 2. The van der Waals surface area contributed by atoms with Crippen LogP contribution in [0.3, 0.4) is 0 Å². The number of nitriles is 1. The number of nitrogens with two attached hydrogens (primary N) is 1. The van der Waals surface area contributed by atoms with Crippen molar-refractivity contribution in [1.82, 2.24) is 9.55 Å². The van der Waals surface area contributed by atoms with Crippen molar-refractivity contribution in [2.75, 3.05) is 5.73 Å². The Morgan fingerprint density at radius 2 is 1.83 bits per heavy atom. The smallest absolute Gasteiger partial charge is 0.255 e. The fourth-order valence-corrected chi connectivity index (χ4v) is 3.38. The molecule has 0 unspecified atom stereocenters. The third-order valence-corrected chi connectivity index (χ3v) is 4.89. The minimum absolute atomic E-state index is 0.171. The third-order valence-electron chi connectivity index (χ3n) is 4.89. The largest absolute Gasteiger partial charge is 0.464 e. The molecule has 2 heterocycles. The molecule has 0 fully saturated rings. The minimum Gasteiger partial charge on any atom is -0.464 e. The van der Waals surface area contributed by atoms with Crippen LogP contribution < -0.4 is 11.3 Å². The van der Waals surface area contributed by atoms with Gasteiger partial charge in [0.2, 0.25) is 5.95 Å². The predicted octanol–water partition coefficient (Wildman–Crippen LogP) is 3.79. The van der Waals surface area contributed by atoms with E-state index in [1.54, 1.807) is 24.5 Å². The van der Waals surface area contributed by atoms with Gasteiger partial charge in [0.15, 0.2) is 0 Å². The lowest BCUT2D eigenvalue weighted by Gasteiger charge is -2.11. The van der Waals surface area contributed by atoms with Gasteiger partial charge in [-0.05, 0) is 54.3 Å². The molecule has 2 N–H and O–H groups in total. The summed E-state index contributed by atoms with van der Waals surface area (Å²) in [5, 5.41) is 9.04. The van der Waals surface area contributed by atoms with Crippen LogP contribution in [0.4, 0.5) is 5.95 Å². The van der Waals surface area contributed by atoms with Gasteiger partial charge in [0.25, 0.3) is 5.56 Å². The predicted molar refractivity (Wildman–Crippen MR) is 115 cm³/mol. The maximum Gasteiger partial charge on any atom is 0.255 e. The number of benzene rings is 2. The number of aromatic nitrogens is 2. The Hall–Kier alpha value is -4.11. The first-order chi connectivity index (χ1) is 14.6. The van der Waals surface area contributed by atoms with Crippen LogP contribution in [-0.4, -0.2) is 9.55 Å². The standard InChI is InChI=1S/C24H20N4O2/c25-15-18-5-1-6-19(12-18)16-28-23(29)14-21(27-24(28)26)10-9-17-4-2-7-20(13-17)22-8-3-11-30-22/h1-8,11-14H,9-10,16H2,(H2,26,27). The summed E-state index contributed by atoms with van der Waals surface area (Å²) < 4.78 is 6.87. The quantitative estimate of drug-likeness (QED) is 0.535. The molecule has 6 heteroatoms. The maximum atomic E-state index is 12.6. The van der Waals surface area contributed by atoms with Crippen molar-refractivity contribution in [3.63, 3.8) is 0 Å². The molecular formula is C24H20N4O2. The van der Waals surface area contributed by atoms with E-state index in [2.05, 4.69) is 17.1 Å². The number of furan rings is 1. The molecule has 0 aliphatic heterocycles. The fraction of sp³-hybridized carbons (Fsp3) is 0.125. The number of nitrogen functional groups attached to an aromatic ring is 1. The van der Waals surface area contributed by atoms with Gasteiger partial charge in [-0.1, -0.05) is 30.3 Å². The summed E-state index contributed by atoms with van der Waals surface area (Å²) in [7, 11) is 0. The lowest BCUT2D eigenvalue weighted by molar-refractivity contribution is 0.582. The molecule has 0 amide bonds. The molecule has 0 aliphatic rings. The van der Waals surface area contributed by atoms with E-state index in [0.29, 0.717) is 17.7 Å². The van der Waals surface area contributed by atoms with E-state index in [1.807, 2.05) is 36.4 Å². The van der Waals surface area contributed by atoms with Gasteiger partial charge in [-0.2, -0.15) is 5.26 Å². The van der Waals surface area contributed by atoms with Gasteiger partial charge in [0, 0.05) is 11.6 Å². The van der Waals surface area contributed by atoms with Crippen LogP contribution >= 0.6 is 0 Å². The van der Waals surface area contributed by atoms with Crippen molar-refractivity contribution in [2.45, 2.75) is 19.4 Å². The van der Waals surface area contributed by atoms with Crippen LogP contribution in [0.15, 0.2) is 82.2 Å². The SMILES string of the molecule is N#Cc1cccc(Cn2c(N)nc(CCc3cccc(-c4ccco4)c3)cc2=O)c1. The normalized spacial score (nSPS) is 10.6. The Morgan fingerprint density at radius 1 is 1.00 bits per heavy atom. The van der Waals surface area contributed by atoms with E-state index in [9.17, 15) is 4.79 Å². The first-order valence-corrected chi connectivity index (χ1v) is 9.60. The molecule has 0 aliphatic carbocycles. The van der Waals surface area contributed by atoms with Crippen molar-refractivity contribution >= 4 is 5.95 Å². The molecule has 0 saturated heterocycles. The summed E-state index contributed by atoms with van der Waals surface area (Å²) in [6.07, 6.45) is 2.99. The van der Waals surface area contributed by atoms with E-state index in [0.717, 1.165) is 28.9 Å². The molecule has 4 aromatic rings. The van der Waals surface area contributed by atoms with Crippen molar-refractivity contribution in [1.29, 1.82) is 5.26 Å². The van der Waals surface area contributed by atoms with Crippen LogP contribution in [0.2, 0.25) is 0 Å². The minimum atomic E-state index is -0.204. The number of anilines is 1. The van der Waals surface area contributed by atoms with E-state index in [4.69, 9.17) is 15.4 Å². The van der Waals surface area contributed by atoms with E-state index < -0.39 is 0 Å². The zero-order chi connectivity index (χ0) is 20.9. The third kappa shape index (κ3) is 4.31. The second-order valence-electron chi connectivity index (χ2n) is 7.02. The molecule has 0 spiro atoms. The van der Waals surface area contributed by atoms with E-state index >= 15 is 0 Å². The first-order valence-electron chi connectivity index (χ1n) is 9.60. The van der Waals surface area contributed by atoms with Crippen LogP contribution in [0.25, 0.3) is 11.3 Å². The Bertz CT molecular complexity index is 1270. The molecule has 0 saturated carbocycles. The summed E-state index contributed by atoms with van der Waals surface area (Å²) in [4.78, 5) is 17.0. The first kappa shape index (κ1) is 19.2. The van der Waals surface area contributed by atoms with E-state index in [-0.39, 0.29) is 18.1 Å². The molecule has 30 heavy (non-hydrogen) atoms. The monoisotopic (exact) mass is 396 g/mol. The fourth-order valence-electron chi connectivity index (χ4n) is 3.38. The number of rotatable bonds is 6. The van der Waals surface area contributed by atoms with Crippen molar-refractivity contribution in [3.8, 4) is 17.4 Å². The van der Waals surface area contributed by atoms with Crippen LogP contribution in [0, 0.1) is 11.3 Å². The van der Waals surface area contributed by atoms with Gasteiger partial charge < -0.3 is 10.2 Å². The summed E-state index contributed by atoms with van der Waals surface area (Å²) in [6, 6.07) is 22.6. The highest BCUT2D eigenvalue weighted by Gasteiger charge is 2.09. The molecular weight excluding hydrogens is 376 g/mol. The highest BCUT2D eigenvalue weighted by Crippen LogP contribution is 2.21. The number of nitrogens with zero attached hydrogens (tertiary/aromatic N) is 3. The van der Waals surface area contributed by atoms with Crippen molar-refractivity contribution < 1.29 is 4.42 Å². The number of hydrogen-bond acceptors (Lipinski definition) is 5. The Labute approximate surface area is 173 Å². The van der Waals surface area contributed by atoms with Gasteiger partial charge in [-0.3, -0.25) is 9.36 Å². The zero-order valence-corrected chi connectivity index (χ0v) is 16.3. The van der Waals surface area contributed by atoms with Crippen molar-refractivity contribution in [3.05, 3.63) is 106 Å². The lowest BCUT2D eigenvalue weighted by atomic mass is 10.0. The summed E-state index contributed by atoms with van der Waals surface area (Å²) in [5.41, 5.74) is 10.0. The Kier molecular flexibility index (Phi) is 5.44. The zero-order valence-electron chi connectivity index (χ0n) is 16.3. The molecule has 4 rings (SSSR count). The summed E-state index contributed by atoms with van der Waals surface area (Å²) in [5.74, 6) is 0.992. The topological polar surface area (TPSA) is 97.8 Å². The average Bonchev–Trinajstić information content (AvgIpc) is 3.30. The summed E-state index contributed by atoms with van der Waals surface area (Å²) >= 11 is 0. The van der Waals surface area contributed by atoms with Gasteiger partial charge in [0.05, 0.1) is 30.1 Å². The molecule has 6 nitrogen and oxygen atoms in total. The Morgan fingerprint density at radius 3 is 2.60 bits per heavy atom. The highest BCUT2D eigenvalue weighted by atomic mass is 16.3. The Balaban J connectivity index is 1.49. The van der Waals surface area contributed by atoms with Gasteiger partial charge in [-0.25, -0.2) is 4.98 Å². The molecule has 0 bridgehead atoms. The second kappa shape index (κ2) is 8.50. The lowest BCUT2D eigenvalue weighted by Crippen LogP contribution is -2.25. The van der Waals surface area contributed by atoms with Gasteiger partial charge >= 0.3 is 0 Å². The number of hydrogen-bond donors (Lipinski definition) is 1. The van der Waals surface area contributed by atoms with Crippen LogP contribution in [-0.2, 0) is 19.4 Å². The van der Waals surface area contributed by atoms with Crippen LogP contribution in [0.5, 0.6) is 0 Å². The molecule has 2 aromatic heterocycles. The average molecular weight is 396 g/mol. The van der Waals surface area contributed by atoms with Crippen LogP contribution in [0.1, 0.15) is 22.4 Å². The van der Waals surface area contributed by atoms with Gasteiger partial charge in [-0.15, -0.1) is 0 Å². The second-order valence-corrected chi connectivity index (χ2v) is 7.02. The molecule has 148 valence electrons. The van der Waals surface area contributed by atoms with Crippen molar-refractivity contribution in [2.24, 2.45) is 0 Å².